The lowest BCUT2D eigenvalue weighted by Gasteiger charge is -2.32. The van der Waals surface area contributed by atoms with Crippen molar-refractivity contribution in [2.24, 2.45) is 5.92 Å². The van der Waals surface area contributed by atoms with Gasteiger partial charge in [0.25, 0.3) is 0 Å². The highest BCUT2D eigenvalue weighted by Crippen LogP contribution is 2.23. The molecule has 1 aliphatic heterocycles. The first-order valence-corrected chi connectivity index (χ1v) is 9.80. The van der Waals surface area contributed by atoms with Gasteiger partial charge in [0.15, 0.2) is 0 Å². The van der Waals surface area contributed by atoms with Crippen molar-refractivity contribution >= 4 is 11.6 Å². The second kappa shape index (κ2) is 9.73. The molecule has 144 valence electrons. The molecule has 0 saturated carbocycles. The van der Waals surface area contributed by atoms with Crippen molar-refractivity contribution in [3.8, 4) is 12.1 Å². The van der Waals surface area contributed by atoms with Gasteiger partial charge >= 0.3 is 0 Å². The molecule has 1 aromatic heterocycles. The van der Waals surface area contributed by atoms with Gasteiger partial charge in [0.1, 0.15) is 23.8 Å². The molecule has 6 nitrogen and oxygen atoms in total. The van der Waals surface area contributed by atoms with Gasteiger partial charge in [0.2, 0.25) is 0 Å². The minimum atomic E-state index is 0.162. The molecule has 0 unspecified atom stereocenters. The third-order valence-corrected chi connectivity index (χ3v) is 5.33. The standard InChI is InChI=1S/C22H26N6/c23-14-19-13-20(15-24)22(27-21(19)25)26-10-4-7-17-8-11-28(12-9-17)16-18-5-2-1-3-6-18/h1-3,5-6,13,17H,4,7-12,16H2,(H3,25,26,27). The van der Waals surface area contributed by atoms with Crippen LogP contribution in [-0.4, -0.2) is 29.5 Å². The number of pyridine rings is 1. The fraction of sp³-hybridized carbons (Fsp3) is 0.409. The first kappa shape index (κ1) is 19.7. The number of hydrogen-bond donors (Lipinski definition) is 2. The molecule has 2 aromatic rings. The maximum absolute atomic E-state index is 9.24. The molecule has 3 N–H and O–H groups in total. The molecular weight excluding hydrogens is 348 g/mol. The molecule has 3 rings (SSSR count). The molecular formula is C22H26N6. The summed E-state index contributed by atoms with van der Waals surface area (Å²) in [5, 5.41) is 21.4. The topological polar surface area (TPSA) is 102 Å². The molecule has 0 atom stereocenters. The Hall–Kier alpha value is -3.09. The number of nitrogens with one attached hydrogen (secondary N) is 1. The summed E-state index contributed by atoms with van der Waals surface area (Å²) in [7, 11) is 0. The SMILES string of the molecule is N#Cc1cc(C#N)c(NCCCC2CCN(Cc3ccccc3)CC2)nc1N. The van der Waals surface area contributed by atoms with E-state index in [-0.39, 0.29) is 11.4 Å². The van der Waals surface area contributed by atoms with Crippen molar-refractivity contribution in [2.45, 2.75) is 32.2 Å². The van der Waals surface area contributed by atoms with Gasteiger partial charge in [-0.1, -0.05) is 30.3 Å². The number of nitriles is 2. The molecule has 1 aliphatic rings. The normalized spacial score (nSPS) is 14.9. The molecule has 0 aliphatic carbocycles. The predicted molar refractivity (Wildman–Crippen MR) is 110 cm³/mol. The highest BCUT2D eigenvalue weighted by atomic mass is 15.1. The van der Waals surface area contributed by atoms with Crippen LogP contribution in [0.15, 0.2) is 36.4 Å². The largest absolute Gasteiger partial charge is 0.383 e. The number of nitrogen functional groups attached to an aromatic ring is 1. The molecule has 0 amide bonds. The highest BCUT2D eigenvalue weighted by Gasteiger charge is 2.19. The molecule has 1 fully saturated rings. The number of likely N-dealkylation sites (tertiary alicyclic amines) is 1. The van der Waals surface area contributed by atoms with Gasteiger partial charge in [-0.15, -0.1) is 0 Å². The van der Waals surface area contributed by atoms with E-state index in [0.717, 1.165) is 38.5 Å². The van der Waals surface area contributed by atoms with Crippen molar-refractivity contribution in [1.82, 2.24) is 9.88 Å². The number of nitrogens with two attached hydrogens (primary N) is 1. The lowest BCUT2D eigenvalue weighted by molar-refractivity contribution is 0.171. The van der Waals surface area contributed by atoms with E-state index in [0.29, 0.717) is 11.4 Å². The predicted octanol–water partition coefficient (Wildman–Crippen LogP) is 3.51. The number of nitrogens with zero attached hydrogens (tertiary/aromatic N) is 4. The first-order valence-electron chi connectivity index (χ1n) is 9.80. The van der Waals surface area contributed by atoms with Crippen LogP contribution < -0.4 is 11.1 Å². The molecule has 28 heavy (non-hydrogen) atoms. The highest BCUT2D eigenvalue weighted by molar-refractivity contribution is 5.62. The van der Waals surface area contributed by atoms with Gasteiger partial charge in [-0.2, -0.15) is 10.5 Å². The molecule has 2 heterocycles. The smallest absolute Gasteiger partial charge is 0.146 e. The Morgan fingerprint density at radius 2 is 1.82 bits per heavy atom. The Bertz CT molecular complexity index is 857. The zero-order valence-corrected chi connectivity index (χ0v) is 16.1. The summed E-state index contributed by atoms with van der Waals surface area (Å²) in [6, 6.07) is 16.2. The van der Waals surface area contributed by atoms with Crippen LogP contribution in [0.1, 0.15) is 42.4 Å². The van der Waals surface area contributed by atoms with Crippen molar-refractivity contribution in [2.75, 3.05) is 30.7 Å². The Morgan fingerprint density at radius 3 is 2.50 bits per heavy atom. The van der Waals surface area contributed by atoms with Crippen LogP contribution in [0, 0.1) is 28.6 Å². The molecule has 0 bridgehead atoms. The van der Waals surface area contributed by atoms with E-state index in [1.807, 2.05) is 6.07 Å². The van der Waals surface area contributed by atoms with Crippen molar-refractivity contribution in [1.29, 1.82) is 10.5 Å². The summed E-state index contributed by atoms with van der Waals surface area (Å²) in [4.78, 5) is 6.70. The lowest BCUT2D eigenvalue weighted by atomic mass is 9.92. The van der Waals surface area contributed by atoms with Crippen LogP contribution in [-0.2, 0) is 6.54 Å². The summed E-state index contributed by atoms with van der Waals surface area (Å²) in [6.07, 6.45) is 4.66. The van der Waals surface area contributed by atoms with Gasteiger partial charge < -0.3 is 11.1 Å². The summed E-state index contributed by atoms with van der Waals surface area (Å²) in [5.74, 6) is 1.38. The van der Waals surface area contributed by atoms with E-state index in [2.05, 4.69) is 51.6 Å². The number of rotatable bonds is 7. The number of aromatic nitrogens is 1. The van der Waals surface area contributed by atoms with Crippen LogP contribution in [0.5, 0.6) is 0 Å². The van der Waals surface area contributed by atoms with Gasteiger partial charge in [-0.25, -0.2) is 4.98 Å². The number of benzene rings is 1. The Kier molecular flexibility index (Phi) is 6.84. The first-order chi connectivity index (χ1) is 13.7. The third kappa shape index (κ3) is 5.22. The maximum Gasteiger partial charge on any atom is 0.146 e. The Balaban J connectivity index is 1.39. The zero-order chi connectivity index (χ0) is 19.8. The van der Waals surface area contributed by atoms with Crippen molar-refractivity contribution in [3.05, 3.63) is 53.1 Å². The molecule has 0 radical (unpaired) electrons. The van der Waals surface area contributed by atoms with Crippen molar-refractivity contribution in [3.63, 3.8) is 0 Å². The summed E-state index contributed by atoms with van der Waals surface area (Å²) < 4.78 is 0. The van der Waals surface area contributed by atoms with Crippen LogP contribution in [0.2, 0.25) is 0 Å². The monoisotopic (exact) mass is 374 g/mol. The number of anilines is 2. The Labute approximate surface area is 166 Å². The van der Waals surface area contributed by atoms with E-state index in [9.17, 15) is 5.26 Å². The lowest BCUT2D eigenvalue weighted by Crippen LogP contribution is -2.33. The van der Waals surface area contributed by atoms with Crippen LogP contribution in [0.25, 0.3) is 0 Å². The van der Waals surface area contributed by atoms with Gasteiger partial charge in [0.05, 0.1) is 11.1 Å². The van der Waals surface area contributed by atoms with E-state index >= 15 is 0 Å². The van der Waals surface area contributed by atoms with Crippen LogP contribution >= 0.6 is 0 Å². The Morgan fingerprint density at radius 1 is 1.11 bits per heavy atom. The summed E-state index contributed by atoms with van der Waals surface area (Å²) in [5.41, 5.74) is 7.74. The number of piperidine rings is 1. The second-order valence-corrected chi connectivity index (χ2v) is 7.32. The van der Waals surface area contributed by atoms with Crippen LogP contribution in [0.3, 0.4) is 0 Å². The minimum absolute atomic E-state index is 0.162. The third-order valence-electron chi connectivity index (χ3n) is 5.33. The summed E-state index contributed by atoms with van der Waals surface area (Å²) >= 11 is 0. The number of hydrogen-bond acceptors (Lipinski definition) is 6. The van der Waals surface area contributed by atoms with E-state index in [1.165, 1.54) is 30.9 Å². The fourth-order valence-electron chi connectivity index (χ4n) is 3.71. The van der Waals surface area contributed by atoms with E-state index < -0.39 is 0 Å². The zero-order valence-electron chi connectivity index (χ0n) is 16.1. The second-order valence-electron chi connectivity index (χ2n) is 7.32. The molecule has 1 aromatic carbocycles. The maximum atomic E-state index is 9.24. The van der Waals surface area contributed by atoms with Crippen molar-refractivity contribution < 1.29 is 0 Å². The molecule has 6 heteroatoms. The molecule has 0 spiro atoms. The van der Waals surface area contributed by atoms with Crippen LogP contribution in [0.4, 0.5) is 11.6 Å². The summed E-state index contributed by atoms with van der Waals surface area (Å²) in [6.45, 7) is 4.09. The average Bonchev–Trinajstić information content (AvgIpc) is 2.73. The van der Waals surface area contributed by atoms with Gasteiger partial charge in [0, 0.05) is 13.1 Å². The minimum Gasteiger partial charge on any atom is -0.383 e. The average molecular weight is 374 g/mol. The van der Waals surface area contributed by atoms with E-state index in [1.54, 1.807) is 0 Å². The quantitative estimate of drug-likeness (QED) is 0.719. The molecule has 1 saturated heterocycles. The van der Waals surface area contributed by atoms with Gasteiger partial charge in [-0.05, 0) is 56.3 Å². The van der Waals surface area contributed by atoms with E-state index in [4.69, 9.17) is 11.0 Å². The van der Waals surface area contributed by atoms with Gasteiger partial charge in [-0.3, -0.25) is 4.90 Å². The fourth-order valence-corrected chi connectivity index (χ4v) is 3.71.